The molecule has 104 valence electrons. The Hall–Kier alpha value is -1.12. The summed E-state index contributed by atoms with van der Waals surface area (Å²) < 4.78 is 5.08. The minimum atomic E-state index is -0.123. The monoisotopic (exact) mass is 254 g/mol. The van der Waals surface area contributed by atoms with E-state index in [4.69, 9.17) is 4.74 Å². The number of esters is 1. The van der Waals surface area contributed by atoms with Crippen LogP contribution < -0.4 is 0 Å². The third-order valence-corrected chi connectivity index (χ3v) is 2.74. The van der Waals surface area contributed by atoms with E-state index in [0.717, 1.165) is 32.1 Å². The van der Waals surface area contributed by atoms with Gasteiger partial charge in [0.25, 0.3) is 0 Å². The van der Waals surface area contributed by atoms with Gasteiger partial charge in [0.05, 0.1) is 12.5 Å². The first-order valence-corrected chi connectivity index (χ1v) is 6.80. The second kappa shape index (κ2) is 9.86. The Balaban J connectivity index is 3.29. The van der Waals surface area contributed by atoms with Crippen molar-refractivity contribution in [1.29, 1.82) is 0 Å². The minimum Gasteiger partial charge on any atom is -0.465 e. The molecule has 0 aromatic heterocycles. The number of carbonyl (C=O) groups is 2. The Morgan fingerprint density at radius 3 is 2.17 bits per heavy atom. The van der Waals surface area contributed by atoms with Gasteiger partial charge in [0.15, 0.2) is 5.78 Å². The minimum absolute atomic E-state index is 0.0434. The summed E-state index contributed by atoms with van der Waals surface area (Å²) in [7, 11) is 0. The van der Waals surface area contributed by atoms with Crippen LogP contribution in [0.25, 0.3) is 0 Å². The van der Waals surface area contributed by atoms with Gasteiger partial charge in [-0.3, -0.25) is 9.59 Å². The lowest BCUT2D eigenvalue weighted by Crippen LogP contribution is -2.12. The van der Waals surface area contributed by atoms with Gasteiger partial charge in [-0.2, -0.15) is 0 Å². The predicted octanol–water partition coefficient (Wildman–Crippen LogP) is 3.67. The summed E-state index contributed by atoms with van der Waals surface area (Å²) in [6, 6.07) is 0. The number of unbranched alkanes of at least 4 members (excludes halogenated alkanes) is 4. The van der Waals surface area contributed by atoms with Crippen molar-refractivity contribution in [2.24, 2.45) is 5.92 Å². The van der Waals surface area contributed by atoms with Crippen LogP contribution in [-0.4, -0.2) is 18.4 Å². The summed E-state index contributed by atoms with van der Waals surface area (Å²) in [4.78, 5) is 22.4. The third-order valence-electron chi connectivity index (χ3n) is 2.74. The Kier molecular flexibility index (Phi) is 9.25. The van der Waals surface area contributed by atoms with Crippen LogP contribution in [-0.2, 0) is 14.3 Å². The summed E-state index contributed by atoms with van der Waals surface area (Å²) in [5.74, 6) is 0.000994. The van der Waals surface area contributed by atoms with Crippen molar-refractivity contribution in [1.82, 2.24) is 0 Å². The highest BCUT2D eigenvalue weighted by Crippen LogP contribution is 2.08. The van der Waals surface area contributed by atoms with Crippen molar-refractivity contribution >= 4 is 11.8 Å². The van der Waals surface area contributed by atoms with Gasteiger partial charge in [-0.05, 0) is 25.3 Å². The second-order valence-electron chi connectivity index (χ2n) is 5.04. The molecule has 0 aliphatic carbocycles. The first-order chi connectivity index (χ1) is 8.45. The van der Waals surface area contributed by atoms with E-state index in [1.54, 1.807) is 6.92 Å². The van der Waals surface area contributed by atoms with Crippen LogP contribution in [0.2, 0.25) is 0 Å². The van der Waals surface area contributed by atoms with Gasteiger partial charge in [-0.25, -0.2) is 0 Å². The van der Waals surface area contributed by atoms with E-state index >= 15 is 0 Å². The molecule has 0 aromatic carbocycles. The average molecular weight is 254 g/mol. The highest BCUT2D eigenvalue weighted by atomic mass is 16.5. The number of hydrogen-bond acceptors (Lipinski definition) is 3. The Labute approximate surface area is 111 Å². The number of ketones is 1. The number of rotatable bonds is 10. The lowest BCUT2D eigenvalue weighted by atomic mass is 10.1. The van der Waals surface area contributed by atoms with Crippen molar-refractivity contribution in [3.8, 4) is 0 Å². The van der Waals surface area contributed by atoms with Crippen molar-refractivity contribution in [2.45, 2.75) is 59.3 Å². The number of Topliss-reactive ketones (excluding diaryl/α,β-unsaturated/α-hetero) is 1. The molecule has 0 aliphatic heterocycles. The summed E-state index contributed by atoms with van der Waals surface area (Å²) in [5, 5.41) is 0. The van der Waals surface area contributed by atoms with E-state index in [2.05, 4.69) is 6.58 Å². The molecule has 0 aliphatic rings. The van der Waals surface area contributed by atoms with Crippen LogP contribution >= 0.6 is 0 Å². The number of carbonyl (C=O) groups excluding carboxylic acids is 2. The van der Waals surface area contributed by atoms with Crippen LogP contribution in [0.4, 0.5) is 0 Å². The number of ether oxygens (including phenoxy) is 1. The summed E-state index contributed by atoms with van der Waals surface area (Å²) in [5.41, 5.74) is 0.649. The molecule has 3 heteroatoms. The molecule has 0 heterocycles. The molecule has 0 radical (unpaired) electrons. The molecule has 0 amide bonds. The van der Waals surface area contributed by atoms with Crippen molar-refractivity contribution < 1.29 is 14.3 Å². The van der Waals surface area contributed by atoms with Crippen molar-refractivity contribution in [2.75, 3.05) is 6.61 Å². The molecule has 0 atom stereocenters. The van der Waals surface area contributed by atoms with Crippen LogP contribution in [0.3, 0.4) is 0 Å². The van der Waals surface area contributed by atoms with Gasteiger partial charge in [-0.15, -0.1) is 0 Å². The molecule has 0 aromatic rings. The number of allylic oxidation sites excluding steroid dienone is 1. The van der Waals surface area contributed by atoms with Gasteiger partial charge >= 0.3 is 5.97 Å². The SMILES string of the molecule is C=C(C)C(=O)CCCCCCCOC(=O)C(C)C. The van der Waals surface area contributed by atoms with Gasteiger partial charge < -0.3 is 4.74 Å². The molecule has 0 rings (SSSR count). The first kappa shape index (κ1) is 16.9. The van der Waals surface area contributed by atoms with Gasteiger partial charge in [-0.1, -0.05) is 39.7 Å². The number of hydrogen-bond donors (Lipinski definition) is 0. The molecule has 0 bridgehead atoms. The Bertz CT molecular complexity index is 279. The van der Waals surface area contributed by atoms with Crippen LogP contribution in [0.15, 0.2) is 12.2 Å². The zero-order valence-electron chi connectivity index (χ0n) is 12.0. The zero-order valence-corrected chi connectivity index (χ0v) is 12.0. The van der Waals surface area contributed by atoms with Crippen molar-refractivity contribution in [3.05, 3.63) is 12.2 Å². The van der Waals surface area contributed by atoms with Gasteiger partial charge in [0.2, 0.25) is 0 Å². The molecule has 0 saturated heterocycles. The maximum absolute atomic E-state index is 11.3. The van der Waals surface area contributed by atoms with E-state index in [1.165, 1.54) is 0 Å². The molecule has 0 unspecified atom stereocenters. The highest BCUT2D eigenvalue weighted by Gasteiger charge is 2.07. The molecule has 3 nitrogen and oxygen atoms in total. The molecule has 18 heavy (non-hydrogen) atoms. The molecular weight excluding hydrogens is 228 g/mol. The normalized spacial score (nSPS) is 10.4. The zero-order chi connectivity index (χ0) is 14.0. The summed E-state index contributed by atoms with van der Waals surface area (Å²) in [6.07, 6.45) is 5.63. The van der Waals surface area contributed by atoms with E-state index in [-0.39, 0.29) is 17.7 Å². The van der Waals surface area contributed by atoms with E-state index in [0.29, 0.717) is 18.6 Å². The topological polar surface area (TPSA) is 43.4 Å². The second-order valence-corrected chi connectivity index (χ2v) is 5.04. The molecule has 0 spiro atoms. The largest absolute Gasteiger partial charge is 0.465 e. The standard InChI is InChI=1S/C15H26O3/c1-12(2)14(16)10-8-6-5-7-9-11-18-15(17)13(3)4/h13H,1,5-11H2,2-4H3. The fourth-order valence-electron chi connectivity index (χ4n) is 1.47. The smallest absolute Gasteiger partial charge is 0.308 e. The van der Waals surface area contributed by atoms with E-state index < -0.39 is 0 Å². The van der Waals surface area contributed by atoms with E-state index in [9.17, 15) is 9.59 Å². The lowest BCUT2D eigenvalue weighted by molar-refractivity contribution is -0.147. The quantitative estimate of drug-likeness (QED) is 0.339. The van der Waals surface area contributed by atoms with Crippen LogP contribution in [0.5, 0.6) is 0 Å². The van der Waals surface area contributed by atoms with Crippen molar-refractivity contribution in [3.63, 3.8) is 0 Å². The molecule has 0 N–H and O–H groups in total. The maximum atomic E-state index is 11.3. The fraction of sp³-hybridized carbons (Fsp3) is 0.733. The molecule has 0 fully saturated rings. The maximum Gasteiger partial charge on any atom is 0.308 e. The fourth-order valence-corrected chi connectivity index (χ4v) is 1.47. The Morgan fingerprint density at radius 1 is 1.06 bits per heavy atom. The molecular formula is C15H26O3. The average Bonchev–Trinajstić information content (AvgIpc) is 2.31. The summed E-state index contributed by atoms with van der Waals surface area (Å²) in [6.45, 7) is 9.57. The van der Waals surface area contributed by atoms with Crippen LogP contribution in [0, 0.1) is 5.92 Å². The molecule has 0 saturated carbocycles. The first-order valence-electron chi connectivity index (χ1n) is 6.80. The van der Waals surface area contributed by atoms with Gasteiger partial charge in [0, 0.05) is 6.42 Å². The predicted molar refractivity (Wildman–Crippen MR) is 73.3 cm³/mol. The van der Waals surface area contributed by atoms with Crippen LogP contribution in [0.1, 0.15) is 59.3 Å². The summed E-state index contributed by atoms with van der Waals surface area (Å²) >= 11 is 0. The highest BCUT2D eigenvalue weighted by molar-refractivity contribution is 5.93. The van der Waals surface area contributed by atoms with Gasteiger partial charge in [0.1, 0.15) is 0 Å². The Morgan fingerprint density at radius 2 is 1.61 bits per heavy atom. The van der Waals surface area contributed by atoms with E-state index in [1.807, 2.05) is 13.8 Å². The lowest BCUT2D eigenvalue weighted by Gasteiger charge is -2.06. The third kappa shape index (κ3) is 8.97.